The maximum Gasteiger partial charge on any atom is 0.201 e. The lowest BCUT2D eigenvalue weighted by molar-refractivity contribution is -0.165. The van der Waals surface area contributed by atoms with Crippen molar-refractivity contribution in [2.45, 2.75) is 108 Å². The summed E-state index contributed by atoms with van der Waals surface area (Å²) in [5.74, 6) is -0.735. The largest absolute Gasteiger partial charge is 0.408 e. The lowest BCUT2D eigenvalue weighted by Gasteiger charge is -2.46. The summed E-state index contributed by atoms with van der Waals surface area (Å²) in [5.41, 5.74) is 1.13. The molecule has 146 valence electrons. The van der Waals surface area contributed by atoms with Crippen LogP contribution in [0.25, 0.3) is 0 Å². The van der Waals surface area contributed by atoms with E-state index in [-0.39, 0.29) is 6.10 Å². The number of ether oxygens (including phenoxy) is 2. The Balaban J connectivity index is 2.42. The fourth-order valence-electron chi connectivity index (χ4n) is 4.73. The molecular weight excluding hydrogens is 336 g/mol. The topological polar surface area (TPSA) is 68.2 Å². The molecule has 0 aromatic heterocycles. The molecule has 0 amide bonds. The van der Waals surface area contributed by atoms with Crippen LogP contribution in [0.4, 0.5) is 0 Å². The van der Waals surface area contributed by atoms with Gasteiger partial charge in [-0.3, -0.25) is 0 Å². The van der Waals surface area contributed by atoms with Crippen molar-refractivity contribution in [3.8, 4) is 0 Å². The number of hydrogen-bond acceptors (Lipinski definition) is 5. The van der Waals surface area contributed by atoms with Crippen molar-refractivity contribution >= 4 is 8.32 Å². The third-order valence-corrected chi connectivity index (χ3v) is 11.8. The average molecular weight is 373 g/mol. The van der Waals surface area contributed by atoms with E-state index in [1.54, 1.807) is 12.2 Å². The van der Waals surface area contributed by atoms with Gasteiger partial charge in [0.15, 0.2) is 5.79 Å². The van der Waals surface area contributed by atoms with Gasteiger partial charge in [0.25, 0.3) is 0 Å². The van der Waals surface area contributed by atoms with Crippen LogP contribution in [-0.2, 0) is 13.9 Å². The molecule has 5 nitrogen and oxygen atoms in total. The number of rotatable bonds is 5. The van der Waals surface area contributed by atoms with E-state index in [0.29, 0.717) is 16.6 Å². The molecule has 1 fully saturated rings. The van der Waals surface area contributed by atoms with Crippen LogP contribution in [0.2, 0.25) is 16.6 Å². The lowest BCUT2D eigenvalue weighted by atomic mass is 10.0. The summed E-state index contributed by atoms with van der Waals surface area (Å²) in [7, 11) is -2.25. The molecule has 0 saturated carbocycles. The second-order valence-corrected chi connectivity index (χ2v) is 14.2. The van der Waals surface area contributed by atoms with Crippen LogP contribution in [0.3, 0.4) is 0 Å². The number of fused-ring (bicyclic) bond motifs is 1. The van der Waals surface area contributed by atoms with Gasteiger partial charge in [-0.1, -0.05) is 53.7 Å². The van der Waals surface area contributed by atoms with E-state index in [2.05, 4.69) is 41.5 Å². The van der Waals surface area contributed by atoms with E-state index in [9.17, 15) is 10.2 Å². The first-order valence-electron chi connectivity index (χ1n) is 9.50. The maximum absolute atomic E-state index is 10.8. The van der Waals surface area contributed by atoms with Crippen molar-refractivity contribution < 1.29 is 24.1 Å². The van der Waals surface area contributed by atoms with Crippen LogP contribution in [0, 0.1) is 0 Å². The lowest BCUT2D eigenvalue weighted by Crippen LogP contribution is -2.57. The quantitative estimate of drug-likeness (QED) is 0.572. The Hall–Kier alpha value is -0.243. The molecule has 0 bridgehead atoms. The summed E-state index contributed by atoms with van der Waals surface area (Å²) in [6.45, 7) is 17.0. The van der Waals surface area contributed by atoms with Crippen LogP contribution >= 0.6 is 0 Å². The number of aliphatic hydroxyl groups is 2. The monoisotopic (exact) mass is 372 g/mol. The van der Waals surface area contributed by atoms with Gasteiger partial charge >= 0.3 is 0 Å². The summed E-state index contributed by atoms with van der Waals surface area (Å²) < 4.78 is 18.9. The molecule has 2 N–H and O–H groups in total. The summed E-state index contributed by atoms with van der Waals surface area (Å²) in [4.78, 5) is 0. The van der Waals surface area contributed by atoms with Crippen LogP contribution < -0.4 is 0 Å². The fraction of sp³-hybridized carbons (Fsp3) is 0.895. The molecule has 5 atom stereocenters. The first kappa shape index (κ1) is 21.1. The Morgan fingerprint density at radius 2 is 1.44 bits per heavy atom. The predicted octanol–water partition coefficient (Wildman–Crippen LogP) is 3.36. The summed E-state index contributed by atoms with van der Waals surface area (Å²) in [6, 6.07) is 0. The smallest absolute Gasteiger partial charge is 0.201 e. The third-order valence-electron chi connectivity index (χ3n) is 5.72. The minimum Gasteiger partial charge on any atom is -0.408 e. The second kappa shape index (κ2) is 7.41. The van der Waals surface area contributed by atoms with Gasteiger partial charge in [-0.15, -0.1) is 0 Å². The standard InChI is InChI=1S/C19H36O5Si/c1-11(2)25(12(3)4,13(5)6)24-18-16(21)14(20)9-10-15-17(18)23-19(7,8)22-15/h9-18,20-21H,1-8H3/t14-,15+,16+,17-,18-/m0/s1. The third kappa shape index (κ3) is 3.89. The molecule has 1 heterocycles. The van der Waals surface area contributed by atoms with Gasteiger partial charge in [-0.05, 0) is 30.5 Å². The van der Waals surface area contributed by atoms with Crippen molar-refractivity contribution in [3.63, 3.8) is 0 Å². The molecule has 1 aliphatic carbocycles. The molecule has 6 heteroatoms. The van der Waals surface area contributed by atoms with Gasteiger partial charge in [-0.2, -0.15) is 0 Å². The maximum atomic E-state index is 10.8. The minimum atomic E-state index is -2.25. The highest BCUT2D eigenvalue weighted by Gasteiger charge is 2.54. The highest BCUT2D eigenvalue weighted by Crippen LogP contribution is 2.45. The van der Waals surface area contributed by atoms with E-state index in [4.69, 9.17) is 13.9 Å². The Bertz CT molecular complexity index is 466. The average Bonchev–Trinajstić information content (AvgIpc) is 2.74. The van der Waals surface area contributed by atoms with Crippen molar-refractivity contribution in [1.29, 1.82) is 0 Å². The van der Waals surface area contributed by atoms with Gasteiger partial charge in [0.05, 0.1) is 0 Å². The molecule has 1 saturated heterocycles. The Morgan fingerprint density at radius 3 is 1.92 bits per heavy atom. The molecule has 2 rings (SSSR count). The zero-order valence-corrected chi connectivity index (χ0v) is 17.9. The van der Waals surface area contributed by atoms with Crippen molar-refractivity contribution in [1.82, 2.24) is 0 Å². The van der Waals surface area contributed by atoms with Crippen molar-refractivity contribution in [2.75, 3.05) is 0 Å². The van der Waals surface area contributed by atoms with Crippen LogP contribution in [-0.4, -0.2) is 54.8 Å². The van der Waals surface area contributed by atoms with E-state index < -0.39 is 38.5 Å². The van der Waals surface area contributed by atoms with Gasteiger partial charge in [0, 0.05) is 0 Å². The molecule has 0 aromatic carbocycles. The van der Waals surface area contributed by atoms with E-state index >= 15 is 0 Å². The molecular formula is C19H36O5Si. The van der Waals surface area contributed by atoms with Crippen molar-refractivity contribution in [2.24, 2.45) is 0 Å². The Morgan fingerprint density at radius 1 is 0.920 bits per heavy atom. The summed E-state index contributed by atoms with van der Waals surface area (Å²) in [5, 5.41) is 21.1. The van der Waals surface area contributed by atoms with Gasteiger partial charge in [0.1, 0.15) is 30.5 Å². The van der Waals surface area contributed by atoms with E-state index in [0.717, 1.165) is 0 Å². The van der Waals surface area contributed by atoms with Crippen molar-refractivity contribution in [3.05, 3.63) is 12.2 Å². The van der Waals surface area contributed by atoms with Crippen LogP contribution in [0.5, 0.6) is 0 Å². The summed E-state index contributed by atoms with van der Waals surface area (Å²) in [6.07, 6.45) is -0.00190. The van der Waals surface area contributed by atoms with Gasteiger partial charge in [-0.25, -0.2) is 0 Å². The number of aliphatic hydroxyl groups excluding tert-OH is 2. The SMILES string of the molecule is CC(C)[Si](O[C@H]1[C@H](O)[C@@H](O)C=C[C@H]2OC(C)(C)O[C@H]12)(C(C)C)C(C)C. The van der Waals surface area contributed by atoms with Crippen LogP contribution in [0.1, 0.15) is 55.4 Å². The Kier molecular flexibility index (Phi) is 6.24. The van der Waals surface area contributed by atoms with Crippen LogP contribution in [0.15, 0.2) is 12.2 Å². The van der Waals surface area contributed by atoms with Gasteiger partial charge in [0.2, 0.25) is 8.32 Å². The first-order valence-corrected chi connectivity index (χ1v) is 11.6. The highest BCUT2D eigenvalue weighted by molar-refractivity contribution is 6.77. The minimum absolute atomic E-state index is 0.329. The zero-order valence-electron chi connectivity index (χ0n) is 16.9. The van der Waals surface area contributed by atoms with Gasteiger partial charge < -0.3 is 24.1 Å². The molecule has 0 aromatic rings. The molecule has 2 aliphatic rings. The van der Waals surface area contributed by atoms with E-state index in [1.807, 2.05) is 13.8 Å². The normalized spacial score (nSPS) is 35.5. The molecule has 0 radical (unpaired) electrons. The zero-order chi connectivity index (χ0) is 19.2. The molecule has 0 spiro atoms. The molecule has 0 unspecified atom stereocenters. The molecule has 25 heavy (non-hydrogen) atoms. The predicted molar refractivity (Wildman–Crippen MR) is 101 cm³/mol. The first-order chi connectivity index (χ1) is 11.4. The highest BCUT2D eigenvalue weighted by atomic mass is 28.4. The fourth-order valence-corrected chi connectivity index (χ4v) is 10.3. The van der Waals surface area contributed by atoms with E-state index in [1.165, 1.54) is 0 Å². The second-order valence-electron chi connectivity index (χ2n) is 8.83. The summed E-state index contributed by atoms with van der Waals surface area (Å²) >= 11 is 0. The molecule has 1 aliphatic heterocycles. The number of hydrogen-bond donors (Lipinski definition) is 2. The Labute approximate surface area is 153 Å².